The number of nitrogens with one attached hydrogen (secondary N) is 1. The fourth-order valence-corrected chi connectivity index (χ4v) is 1.74. The van der Waals surface area contributed by atoms with Gasteiger partial charge in [-0.15, -0.1) is 0 Å². The lowest BCUT2D eigenvalue weighted by molar-refractivity contribution is -0.194. The van der Waals surface area contributed by atoms with Crippen LogP contribution in [-0.2, 0) is 9.47 Å². The van der Waals surface area contributed by atoms with Gasteiger partial charge >= 0.3 is 0 Å². The summed E-state index contributed by atoms with van der Waals surface area (Å²) in [6.45, 7) is 1.06. The Bertz CT molecular complexity index is 378. The number of hydrogen-bond donors (Lipinski definition) is 1. The number of rotatable bonds is 3. The summed E-state index contributed by atoms with van der Waals surface area (Å²) in [6, 6.07) is 4.47. The molecule has 0 bridgehead atoms. The summed E-state index contributed by atoms with van der Waals surface area (Å²) in [4.78, 5) is 0. The minimum Gasteiger partial charge on any atom is -0.496 e. The number of ether oxygens (including phenoxy) is 3. The number of methoxy groups -OCH3 is 1. The van der Waals surface area contributed by atoms with E-state index < -0.39 is 6.29 Å². The average Bonchev–Trinajstić information content (AvgIpc) is 2.39. The van der Waals surface area contributed by atoms with Gasteiger partial charge in [-0.2, -0.15) is 0 Å². The maximum Gasteiger partial charge on any atom is 0.187 e. The molecule has 1 N–H and O–H groups in total. The highest BCUT2D eigenvalue weighted by Gasteiger charge is 2.25. The Morgan fingerprint density at radius 3 is 2.65 bits per heavy atom. The molecule has 0 radical (unpaired) electrons. The molecule has 1 aliphatic heterocycles. The first kappa shape index (κ1) is 12.3. The van der Waals surface area contributed by atoms with Gasteiger partial charge in [-0.1, -0.05) is 0 Å². The second-order valence-corrected chi connectivity index (χ2v) is 3.87. The molecule has 0 atom stereocenters. The molecular formula is C12H16FNO3. The van der Waals surface area contributed by atoms with Crippen LogP contribution >= 0.6 is 0 Å². The Hall–Kier alpha value is -1.17. The summed E-state index contributed by atoms with van der Waals surface area (Å²) in [7, 11) is 3.39. The van der Waals surface area contributed by atoms with Gasteiger partial charge in [-0.3, -0.25) is 0 Å². The van der Waals surface area contributed by atoms with Crippen molar-refractivity contribution < 1.29 is 18.6 Å². The third-order valence-corrected chi connectivity index (χ3v) is 2.75. The molecule has 5 heteroatoms. The van der Waals surface area contributed by atoms with E-state index in [9.17, 15) is 4.39 Å². The summed E-state index contributed by atoms with van der Waals surface area (Å²) in [6.07, 6.45) is -0.565. The van der Waals surface area contributed by atoms with E-state index >= 15 is 0 Å². The van der Waals surface area contributed by atoms with Crippen LogP contribution in [0.25, 0.3) is 0 Å². The van der Waals surface area contributed by atoms with Crippen molar-refractivity contribution in [1.82, 2.24) is 5.32 Å². The molecule has 1 aromatic rings. The van der Waals surface area contributed by atoms with Crippen LogP contribution in [-0.4, -0.2) is 33.4 Å². The summed E-state index contributed by atoms with van der Waals surface area (Å²) in [5.41, 5.74) is 0.585. The van der Waals surface area contributed by atoms with Crippen LogP contribution < -0.4 is 10.1 Å². The molecule has 2 rings (SSSR count). The maximum atomic E-state index is 13.2. The molecule has 0 saturated carbocycles. The largest absolute Gasteiger partial charge is 0.496 e. The van der Waals surface area contributed by atoms with Crippen LogP contribution in [0.2, 0.25) is 0 Å². The molecule has 0 aromatic heterocycles. The Labute approximate surface area is 99.7 Å². The van der Waals surface area contributed by atoms with E-state index in [0.29, 0.717) is 24.5 Å². The average molecular weight is 241 g/mol. The molecule has 1 fully saturated rings. The normalized spacial score (nSPS) is 24.6. The first-order chi connectivity index (χ1) is 8.24. The molecule has 0 aliphatic carbocycles. The van der Waals surface area contributed by atoms with Crippen molar-refractivity contribution in [1.29, 1.82) is 0 Å². The Balaban J connectivity index is 2.14. The second-order valence-electron chi connectivity index (χ2n) is 3.87. The van der Waals surface area contributed by atoms with E-state index in [4.69, 9.17) is 14.2 Å². The fraction of sp³-hybridized carbons (Fsp3) is 0.500. The van der Waals surface area contributed by atoms with E-state index in [1.165, 1.54) is 19.2 Å². The SMILES string of the molecule is CNC1COC(c2cc(F)ccc2OC)OC1. The zero-order valence-electron chi connectivity index (χ0n) is 9.90. The van der Waals surface area contributed by atoms with Crippen molar-refractivity contribution in [3.8, 4) is 5.75 Å². The highest BCUT2D eigenvalue weighted by Crippen LogP contribution is 2.31. The first-order valence-electron chi connectivity index (χ1n) is 5.48. The van der Waals surface area contributed by atoms with Crippen molar-refractivity contribution >= 4 is 0 Å². The van der Waals surface area contributed by atoms with E-state index in [1.807, 2.05) is 7.05 Å². The molecular weight excluding hydrogens is 225 g/mol. The molecule has 17 heavy (non-hydrogen) atoms. The summed E-state index contributed by atoms with van der Waals surface area (Å²) >= 11 is 0. The topological polar surface area (TPSA) is 39.7 Å². The first-order valence-corrected chi connectivity index (χ1v) is 5.48. The molecule has 4 nitrogen and oxygen atoms in total. The smallest absolute Gasteiger partial charge is 0.187 e. The Morgan fingerprint density at radius 2 is 2.06 bits per heavy atom. The number of halogens is 1. The van der Waals surface area contributed by atoms with Crippen LogP contribution in [0.3, 0.4) is 0 Å². The van der Waals surface area contributed by atoms with Gasteiger partial charge in [0.25, 0.3) is 0 Å². The van der Waals surface area contributed by atoms with Gasteiger partial charge in [0, 0.05) is 0 Å². The third-order valence-electron chi connectivity index (χ3n) is 2.75. The number of benzene rings is 1. The third kappa shape index (κ3) is 2.74. The molecule has 1 heterocycles. The van der Waals surface area contributed by atoms with E-state index in [-0.39, 0.29) is 11.9 Å². The maximum absolute atomic E-state index is 13.2. The fourth-order valence-electron chi connectivity index (χ4n) is 1.74. The zero-order chi connectivity index (χ0) is 12.3. The van der Waals surface area contributed by atoms with Gasteiger partial charge < -0.3 is 19.5 Å². The molecule has 1 aliphatic rings. The molecule has 0 spiro atoms. The van der Waals surface area contributed by atoms with Gasteiger partial charge in [-0.05, 0) is 25.2 Å². The second kappa shape index (κ2) is 5.44. The van der Waals surface area contributed by atoms with Crippen molar-refractivity contribution in [2.75, 3.05) is 27.4 Å². The monoisotopic (exact) mass is 241 g/mol. The van der Waals surface area contributed by atoms with Gasteiger partial charge in [0.05, 0.1) is 31.9 Å². The number of likely N-dealkylation sites (N-methyl/N-ethyl adjacent to an activating group) is 1. The lowest BCUT2D eigenvalue weighted by atomic mass is 10.1. The highest BCUT2D eigenvalue weighted by atomic mass is 19.1. The predicted molar refractivity (Wildman–Crippen MR) is 60.4 cm³/mol. The van der Waals surface area contributed by atoms with Gasteiger partial charge in [0.2, 0.25) is 0 Å². The van der Waals surface area contributed by atoms with Gasteiger partial charge in [0.1, 0.15) is 11.6 Å². The van der Waals surface area contributed by atoms with Crippen molar-refractivity contribution in [2.45, 2.75) is 12.3 Å². The molecule has 1 aromatic carbocycles. The summed E-state index contributed by atoms with van der Waals surface area (Å²) in [5, 5.41) is 3.06. The lowest BCUT2D eigenvalue weighted by Crippen LogP contribution is -2.40. The molecule has 0 amide bonds. The van der Waals surface area contributed by atoms with Crippen LogP contribution in [0, 0.1) is 5.82 Å². The molecule has 94 valence electrons. The lowest BCUT2D eigenvalue weighted by Gasteiger charge is -2.30. The van der Waals surface area contributed by atoms with Crippen LogP contribution in [0.15, 0.2) is 18.2 Å². The van der Waals surface area contributed by atoms with Gasteiger partial charge in [-0.25, -0.2) is 4.39 Å². The van der Waals surface area contributed by atoms with Crippen LogP contribution in [0.1, 0.15) is 11.9 Å². The Kier molecular flexibility index (Phi) is 3.93. The predicted octanol–water partition coefficient (Wildman–Crippen LogP) is 1.47. The van der Waals surface area contributed by atoms with Crippen molar-refractivity contribution in [3.63, 3.8) is 0 Å². The van der Waals surface area contributed by atoms with Crippen molar-refractivity contribution in [2.24, 2.45) is 0 Å². The van der Waals surface area contributed by atoms with E-state index in [2.05, 4.69) is 5.32 Å². The van der Waals surface area contributed by atoms with Crippen molar-refractivity contribution in [3.05, 3.63) is 29.6 Å². The summed E-state index contributed by atoms with van der Waals surface area (Å²) < 4.78 is 29.4. The Morgan fingerprint density at radius 1 is 1.35 bits per heavy atom. The molecule has 0 unspecified atom stereocenters. The van der Waals surface area contributed by atoms with Gasteiger partial charge in [0.15, 0.2) is 6.29 Å². The minimum absolute atomic E-state index is 0.172. The number of hydrogen-bond acceptors (Lipinski definition) is 4. The molecule has 1 saturated heterocycles. The quantitative estimate of drug-likeness (QED) is 0.870. The van der Waals surface area contributed by atoms with E-state index in [0.717, 1.165) is 0 Å². The van der Waals surface area contributed by atoms with Crippen LogP contribution in [0.5, 0.6) is 5.75 Å². The minimum atomic E-state index is -0.565. The standard InChI is InChI=1S/C12H16FNO3/c1-14-9-6-16-12(17-7-9)10-5-8(13)3-4-11(10)15-2/h3-5,9,12,14H,6-7H2,1-2H3. The summed E-state index contributed by atoms with van der Waals surface area (Å²) in [5.74, 6) is 0.239. The van der Waals surface area contributed by atoms with E-state index in [1.54, 1.807) is 6.07 Å². The van der Waals surface area contributed by atoms with Crippen LogP contribution in [0.4, 0.5) is 4.39 Å². The highest BCUT2D eigenvalue weighted by molar-refractivity contribution is 5.35. The zero-order valence-corrected chi connectivity index (χ0v) is 9.90.